The summed E-state index contributed by atoms with van der Waals surface area (Å²) in [6.07, 6.45) is 6.37. The van der Waals surface area contributed by atoms with Crippen LogP contribution in [0.5, 0.6) is 0 Å². The zero-order chi connectivity index (χ0) is 17.5. The maximum absolute atomic E-state index is 6.12. The summed E-state index contributed by atoms with van der Waals surface area (Å²) in [4.78, 5) is 4.95. The van der Waals surface area contributed by atoms with Gasteiger partial charge in [0.1, 0.15) is 0 Å². The van der Waals surface area contributed by atoms with Crippen LogP contribution in [0, 0.1) is 11.8 Å². The molecular formula is C19H38N2O3. The Hall–Kier alpha value is -0.200. The first-order valence-electron chi connectivity index (χ1n) is 9.53. The Bertz CT molecular complexity index is 348. The molecule has 0 spiro atoms. The topological polar surface area (TPSA) is 34.2 Å². The number of hydrogen-bond acceptors (Lipinski definition) is 5. The molecule has 0 radical (unpaired) electrons. The van der Waals surface area contributed by atoms with E-state index in [0.717, 1.165) is 25.6 Å². The number of piperidine rings is 1. The molecule has 0 saturated carbocycles. The number of ether oxygens (including phenoxy) is 3. The van der Waals surface area contributed by atoms with Gasteiger partial charge in [0.2, 0.25) is 0 Å². The fourth-order valence-corrected chi connectivity index (χ4v) is 4.83. The zero-order valence-electron chi connectivity index (χ0n) is 16.4. The summed E-state index contributed by atoms with van der Waals surface area (Å²) in [5, 5.41) is 0. The van der Waals surface area contributed by atoms with E-state index in [9.17, 15) is 0 Å². The zero-order valence-corrected chi connectivity index (χ0v) is 16.4. The summed E-state index contributed by atoms with van der Waals surface area (Å²) in [5.41, 5.74) is 0. The lowest BCUT2D eigenvalue weighted by molar-refractivity contribution is -0.0480. The van der Waals surface area contributed by atoms with Crippen LogP contribution in [0.4, 0.5) is 0 Å². The maximum Gasteiger partial charge on any atom is 0.0758 e. The molecule has 2 rings (SSSR count). The lowest BCUT2D eigenvalue weighted by atomic mass is 9.76. The third-order valence-electron chi connectivity index (χ3n) is 6.35. The number of hydrogen-bond donors (Lipinski definition) is 0. The van der Waals surface area contributed by atoms with Crippen molar-refractivity contribution in [3.63, 3.8) is 0 Å². The Morgan fingerprint density at radius 2 is 1.67 bits per heavy atom. The molecule has 142 valence electrons. The number of methoxy groups -OCH3 is 3. The van der Waals surface area contributed by atoms with Gasteiger partial charge in [-0.2, -0.15) is 0 Å². The van der Waals surface area contributed by atoms with Gasteiger partial charge in [0.25, 0.3) is 0 Å². The van der Waals surface area contributed by atoms with Gasteiger partial charge in [0, 0.05) is 40.0 Å². The molecule has 0 bridgehead atoms. The highest BCUT2D eigenvalue weighted by Gasteiger charge is 2.42. The molecule has 2 fully saturated rings. The summed E-state index contributed by atoms with van der Waals surface area (Å²) >= 11 is 0. The van der Waals surface area contributed by atoms with E-state index in [0.29, 0.717) is 24.1 Å². The molecule has 0 aromatic rings. The van der Waals surface area contributed by atoms with Crippen molar-refractivity contribution in [1.29, 1.82) is 0 Å². The minimum absolute atomic E-state index is 0.292. The summed E-state index contributed by atoms with van der Waals surface area (Å²) in [7, 11) is 9.99. The largest absolute Gasteiger partial charge is 0.385 e. The first-order valence-corrected chi connectivity index (χ1v) is 9.53. The quantitative estimate of drug-likeness (QED) is 0.641. The standard InChI is InChI=1S/C19H38N2O3/c1-20-11-8-15(9-12-20)17(10-13-22-3)19(24-5)18-7-6-16(14-23-4)21(18)2/h15-19H,6-14H2,1-5H3/t16-,17?,18-,19?/m0/s1. The third-order valence-corrected chi connectivity index (χ3v) is 6.35. The number of likely N-dealkylation sites (N-methyl/N-ethyl adjacent to an activating group) is 1. The lowest BCUT2D eigenvalue weighted by Gasteiger charge is -2.42. The van der Waals surface area contributed by atoms with Crippen molar-refractivity contribution in [2.45, 2.75) is 50.3 Å². The minimum Gasteiger partial charge on any atom is -0.385 e. The second-order valence-corrected chi connectivity index (χ2v) is 7.71. The Labute approximate surface area is 148 Å². The van der Waals surface area contributed by atoms with Gasteiger partial charge in [-0.3, -0.25) is 4.90 Å². The fourth-order valence-electron chi connectivity index (χ4n) is 4.83. The number of nitrogens with zero attached hydrogens (tertiary/aromatic N) is 2. The van der Waals surface area contributed by atoms with E-state index >= 15 is 0 Å². The van der Waals surface area contributed by atoms with Gasteiger partial charge >= 0.3 is 0 Å². The molecule has 4 atom stereocenters. The smallest absolute Gasteiger partial charge is 0.0758 e. The first kappa shape index (κ1) is 20.1. The molecule has 0 aromatic heterocycles. The van der Waals surface area contributed by atoms with Crippen LogP contribution in [0.2, 0.25) is 0 Å². The average Bonchev–Trinajstić information content (AvgIpc) is 2.94. The third kappa shape index (κ3) is 4.92. The van der Waals surface area contributed by atoms with Crippen molar-refractivity contribution in [2.24, 2.45) is 11.8 Å². The maximum atomic E-state index is 6.12. The van der Waals surface area contributed by atoms with Crippen LogP contribution < -0.4 is 0 Å². The van der Waals surface area contributed by atoms with Crippen LogP contribution in [0.1, 0.15) is 32.1 Å². The Kier molecular flexibility index (Phi) is 8.44. The molecule has 0 aromatic carbocycles. The van der Waals surface area contributed by atoms with E-state index in [1.165, 1.54) is 38.8 Å². The van der Waals surface area contributed by atoms with Gasteiger partial charge in [0.05, 0.1) is 12.7 Å². The molecule has 5 heteroatoms. The van der Waals surface area contributed by atoms with E-state index in [4.69, 9.17) is 14.2 Å². The molecule has 0 amide bonds. The summed E-state index contributed by atoms with van der Waals surface area (Å²) in [6.45, 7) is 4.06. The highest BCUT2D eigenvalue weighted by molar-refractivity contribution is 4.95. The molecule has 2 aliphatic heterocycles. The molecule has 2 aliphatic rings. The van der Waals surface area contributed by atoms with Gasteiger partial charge in [-0.05, 0) is 71.1 Å². The summed E-state index contributed by atoms with van der Waals surface area (Å²) < 4.78 is 17.0. The van der Waals surface area contributed by atoms with Gasteiger partial charge in [0.15, 0.2) is 0 Å². The highest BCUT2D eigenvalue weighted by atomic mass is 16.5. The molecule has 5 nitrogen and oxygen atoms in total. The van der Waals surface area contributed by atoms with E-state index in [-0.39, 0.29) is 0 Å². The van der Waals surface area contributed by atoms with Gasteiger partial charge in [-0.15, -0.1) is 0 Å². The average molecular weight is 343 g/mol. The molecule has 2 heterocycles. The Morgan fingerprint density at radius 1 is 0.958 bits per heavy atom. The number of likely N-dealkylation sites (tertiary alicyclic amines) is 2. The van der Waals surface area contributed by atoms with Crippen LogP contribution in [0.15, 0.2) is 0 Å². The second kappa shape index (κ2) is 10.1. The van der Waals surface area contributed by atoms with E-state index in [1.807, 2.05) is 14.2 Å². The van der Waals surface area contributed by atoms with Crippen LogP contribution >= 0.6 is 0 Å². The summed E-state index contributed by atoms with van der Waals surface area (Å²) in [6, 6.07) is 1.02. The molecule has 0 aliphatic carbocycles. The molecule has 24 heavy (non-hydrogen) atoms. The lowest BCUT2D eigenvalue weighted by Crippen LogP contribution is -2.49. The van der Waals surface area contributed by atoms with Crippen molar-refractivity contribution in [2.75, 3.05) is 61.7 Å². The SMILES string of the molecule is COCCC(C1CCN(C)CC1)C(OC)[C@@H]1CC[C@@H](COC)N1C. The molecule has 0 N–H and O–H groups in total. The van der Waals surface area contributed by atoms with Crippen molar-refractivity contribution in [3.05, 3.63) is 0 Å². The van der Waals surface area contributed by atoms with Gasteiger partial charge < -0.3 is 19.1 Å². The highest BCUT2D eigenvalue weighted by Crippen LogP contribution is 2.37. The van der Waals surface area contributed by atoms with E-state index in [2.05, 4.69) is 23.9 Å². The van der Waals surface area contributed by atoms with Crippen LogP contribution in [-0.4, -0.2) is 89.7 Å². The van der Waals surface area contributed by atoms with Crippen LogP contribution in [-0.2, 0) is 14.2 Å². The van der Waals surface area contributed by atoms with E-state index in [1.54, 1.807) is 7.11 Å². The second-order valence-electron chi connectivity index (χ2n) is 7.71. The minimum atomic E-state index is 0.292. The Morgan fingerprint density at radius 3 is 2.25 bits per heavy atom. The van der Waals surface area contributed by atoms with Crippen LogP contribution in [0.25, 0.3) is 0 Å². The van der Waals surface area contributed by atoms with Crippen molar-refractivity contribution in [3.8, 4) is 0 Å². The molecule has 2 saturated heterocycles. The first-order chi connectivity index (χ1) is 11.6. The monoisotopic (exact) mass is 342 g/mol. The van der Waals surface area contributed by atoms with Gasteiger partial charge in [-0.1, -0.05) is 0 Å². The van der Waals surface area contributed by atoms with Crippen LogP contribution in [0.3, 0.4) is 0 Å². The molecular weight excluding hydrogens is 304 g/mol. The fraction of sp³-hybridized carbons (Fsp3) is 1.00. The predicted molar refractivity (Wildman–Crippen MR) is 97.5 cm³/mol. The van der Waals surface area contributed by atoms with Crippen molar-refractivity contribution < 1.29 is 14.2 Å². The van der Waals surface area contributed by atoms with Gasteiger partial charge in [-0.25, -0.2) is 0 Å². The Balaban J connectivity index is 2.07. The van der Waals surface area contributed by atoms with Crippen molar-refractivity contribution >= 4 is 0 Å². The van der Waals surface area contributed by atoms with Crippen molar-refractivity contribution in [1.82, 2.24) is 9.80 Å². The summed E-state index contributed by atoms with van der Waals surface area (Å²) in [5.74, 6) is 1.33. The predicted octanol–water partition coefficient (Wildman–Crippen LogP) is 2.11. The van der Waals surface area contributed by atoms with E-state index < -0.39 is 0 Å². The normalized spacial score (nSPS) is 29.9. The molecule has 2 unspecified atom stereocenters. The number of rotatable bonds is 9.